The highest BCUT2D eigenvalue weighted by atomic mass is 16.2. The van der Waals surface area contributed by atoms with E-state index in [0.29, 0.717) is 37.6 Å². The van der Waals surface area contributed by atoms with Crippen molar-refractivity contribution < 1.29 is 14.4 Å². The number of nitrogens with one attached hydrogen (secondary N) is 2. The molecule has 9 nitrogen and oxygen atoms in total. The summed E-state index contributed by atoms with van der Waals surface area (Å²) in [6.45, 7) is 2.25. The third kappa shape index (κ3) is 3.68. The van der Waals surface area contributed by atoms with Crippen LogP contribution in [0.3, 0.4) is 0 Å². The standard InChI is InChI=1S/C16H18N6O3/c17-10-11-2-1-5-18-14(11)22-8-6-21(7-9-22)13(23)4-3-12-15(24)20-16(25)19-12/h1-2,5,12H,3-4,6-9H2,(H2,19,20,24,25)/t12-/m0/s1. The van der Waals surface area contributed by atoms with Crippen molar-refractivity contribution in [3.8, 4) is 6.07 Å². The number of carbonyl (C=O) groups excluding carboxylic acids is 3. The molecule has 0 spiro atoms. The zero-order chi connectivity index (χ0) is 17.8. The lowest BCUT2D eigenvalue weighted by atomic mass is 10.1. The molecule has 25 heavy (non-hydrogen) atoms. The van der Waals surface area contributed by atoms with Crippen molar-refractivity contribution in [3.63, 3.8) is 0 Å². The van der Waals surface area contributed by atoms with Crippen molar-refractivity contribution in [3.05, 3.63) is 23.9 Å². The Morgan fingerprint density at radius 2 is 2.08 bits per heavy atom. The number of nitriles is 1. The second-order valence-electron chi connectivity index (χ2n) is 5.91. The van der Waals surface area contributed by atoms with E-state index in [0.717, 1.165) is 0 Å². The summed E-state index contributed by atoms with van der Waals surface area (Å²) >= 11 is 0. The zero-order valence-corrected chi connectivity index (χ0v) is 13.6. The molecule has 2 saturated heterocycles. The lowest BCUT2D eigenvalue weighted by molar-refractivity contribution is -0.131. The van der Waals surface area contributed by atoms with Crippen molar-refractivity contribution in [1.29, 1.82) is 5.26 Å². The summed E-state index contributed by atoms with van der Waals surface area (Å²) in [5, 5.41) is 13.8. The van der Waals surface area contributed by atoms with Gasteiger partial charge in [-0.05, 0) is 18.6 Å². The Labute approximate surface area is 144 Å². The third-order valence-electron chi connectivity index (χ3n) is 4.34. The fourth-order valence-corrected chi connectivity index (χ4v) is 2.99. The van der Waals surface area contributed by atoms with E-state index in [1.807, 2.05) is 4.90 Å². The molecule has 0 bridgehead atoms. The summed E-state index contributed by atoms with van der Waals surface area (Å²) < 4.78 is 0. The molecular weight excluding hydrogens is 324 g/mol. The van der Waals surface area contributed by atoms with E-state index in [-0.39, 0.29) is 24.7 Å². The minimum atomic E-state index is -0.635. The molecule has 1 aromatic heterocycles. The number of anilines is 1. The molecule has 0 radical (unpaired) electrons. The van der Waals surface area contributed by atoms with Crippen LogP contribution >= 0.6 is 0 Å². The lowest BCUT2D eigenvalue weighted by Gasteiger charge is -2.35. The molecule has 3 heterocycles. The largest absolute Gasteiger partial charge is 0.352 e. The van der Waals surface area contributed by atoms with Crippen LogP contribution in [0.4, 0.5) is 10.6 Å². The van der Waals surface area contributed by atoms with Crippen LogP contribution in [0.1, 0.15) is 18.4 Å². The summed E-state index contributed by atoms with van der Waals surface area (Å²) in [4.78, 5) is 42.8. The predicted octanol–water partition coefficient (Wildman–Crippen LogP) is -0.410. The van der Waals surface area contributed by atoms with E-state index >= 15 is 0 Å². The molecule has 2 aliphatic heterocycles. The highest BCUT2D eigenvalue weighted by Gasteiger charge is 2.30. The Balaban J connectivity index is 1.50. The minimum absolute atomic E-state index is 0.0462. The molecule has 0 unspecified atom stereocenters. The second kappa shape index (κ2) is 7.17. The molecule has 4 amide bonds. The average Bonchev–Trinajstić information content (AvgIpc) is 2.97. The molecule has 3 rings (SSSR count). The van der Waals surface area contributed by atoms with E-state index in [1.54, 1.807) is 23.2 Å². The Bertz CT molecular complexity index is 736. The number of urea groups is 1. The zero-order valence-electron chi connectivity index (χ0n) is 13.6. The van der Waals surface area contributed by atoms with Crippen LogP contribution in [0.5, 0.6) is 0 Å². The summed E-state index contributed by atoms with van der Waals surface area (Å²) in [5.74, 6) is 0.208. The third-order valence-corrected chi connectivity index (χ3v) is 4.34. The minimum Gasteiger partial charge on any atom is -0.352 e. The van der Waals surface area contributed by atoms with Gasteiger partial charge in [0.05, 0.1) is 5.56 Å². The molecular formula is C16H18N6O3. The van der Waals surface area contributed by atoms with Crippen molar-refractivity contribution in [2.75, 3.05) is 31.1 Å². The van der Waals surface area contributed by atoms with Crippen LogP contribution in [-0.4, -0.2) is 60.0 Å². The van der Waals surface area contributed by atoms with Crippen molar-refractivity contribution in [2.24, 2.45) is 0 Å². The van der Waals surface area contributed by atoms with Gasteiger partial charge >= 0.3 is 6.03 Å². The summed E-state index contributed by atoms with van der Waals surface area (Å²) in [6.07, 6.45) is 2.13. The van der Waals surface area contributed by atoms with Crippen molar-refractivity contribution in [2.45, 2.75) is 18.9 Å². The number of imide groups is 1. The summed E-state index contributed by atoms with van der Waals surface area (Å²) in [6, 6.07) is 4.43. The van der Waals surface area contributed by atoms with E-state index in [2.05, 4.69) is 21.7 Å². The molecule has 2 N–H and O–H groups in total. The average molecular weight is 342 g/mol. The smallest absolute Gasteiger partial charge is 0.322 e. The van der Waals surface area contributed by atoms with Crippen molar-refractivity contribution in [1.82, 2.24) is 20.5 Å². The fourth-order valence-electron chi connectivity index (χ4n) is 2.99. The van der Waals surface area contributed by atoms with Crippen LogP contribution in [0.25, 0.3) is 0 Å². The number of piperazine rings is 1. The van der Waals surface area contributed by atoms with Gasteiger partial charge in [0.2, 0.25) is 5.91 Å². The normalized spacial score (nSPS) is 20.0. The summed E-state index contributed by atoms with van der Waals surface area (Å²) in [7, 11) is 0. The van der Waals surface area contributed by atoms with E-state index in [1.165, 1.54) is 0 Å². The van der Waals surface area contributed by atoms with Gasteiger partial charge in [0.25, 0.3) is 5.91 Å². The second-order valence-corrected chi connectivity index (χ2v) is 5.91. The Kier molecular flexibility index (Phi) is 4.79. The number of aromatic nitrogens is 1. The van der Waals surface area contributed by atoms with Crippen LogP contribution < -0.4 is 15.5 Å². The molecule has 9 heteroatoms. The molecule has 1 atom stereocenters. The number of carbonyl (C=O) groups is 3. The topological polar surface area (TPSA) is 118 Å². The van der Waals surface area contributed by atoms with Gasteiger partial charge in [0, 0.05) is 38.8 Å². The number of amides is 4. The molecule has 1 aromatic rings. The first kappa shape index (κ1) is 16.7. The number of hydrogen-bond acceptors (Lipinski definition) is 6. The first-order valence-corrected chi connectivity index (χ1v) is 8.07. The van der Waals surface area contributed by atoms with Gasteiger partial charge in [-0.25, -0.2) is 9.78 Å². The molecule has 0 aromatic carbocycles. The molecule has 130 valence electrons. The molecule has 0 aliphatic carbocycles. The van der Waals surface area contributed by atoms with Gasteiger partial charge in [-0.15, -0.1) is 0 Å². The maximum atomic E-state index is 12.3. The van der Waals surface area contributed by atoms with Crippen LogP contribution in [0.15, 0.2) is 18.3 Å². The molecule has 2 fully saturated rings. The highest BCUT2D eigenvalue weighted by Crippen LogP contribution is 2.18. The highest BCUT2D eigenvalue weighted by molar-refractivity contribution is 6.04. The SMILES string of the molecule is N#Cc1cccnc1N1CCN(C(=O)CC[C@@H]2NC(=O)NC2=O)CC1. The van der Waals surface area contributed by atoms with Gasteiger partial charge in [-0.3, -0.25) is 14.9 Å². The van der Waals surface area contributed by atoms with Crippen LogP contribution in [-0.2, 0) is 9.59 Å². The quantitative estimate of drug-likeness (QED) is 0.718. The predicted molar refractivity (Wildman–Crippen MR) is 87.4 cm³/mol. The van der Waals surface area contributed by atoms with Gasteiger partial charge in [0.1, 0.15) is 17.9 Å². The van der Waals surface area contributed by atoms with Crippen LogP contribution in [0, 0.1) is 11.3 Å². The Morgan fingerprint density at radius 1 is 1.32 bits per heavy atom. The first-order chi connectivity index (χ1) is 12.1. The first-order valence-electron chi connectivity index (χ1n) is 8.07. The van der Waals surface area contributed by atoms with E-state index in [9.17, 15) is 14.4 Å². The van der Waals surface area contributed by atoms with Gasteiger partial charge < -0.3 is 15.1 Å². The maximum absolute atomic E-state index is 12.3. The van der Waals surface area contributed by atoms with Gasteiger partial charge in [-0.1, -0.05) is 0 Å². The number of nitrogens with zero attached hydrogens (tertiary/aromatic N) is 4. The lowest BCUT2D eigenvalue weighted by Crippen LogP contribution is -2.49. The van der Waals surface area contributed by atoms with Gasteiger partial charge in [0.15, 0.2) is 0 Å². The summed E-state index contributed by atoms with van der Waals surface area (Å²) in [5.41, 5.74) is 0.519. The van der Waals surface area contributed by atoms with Crippen LogP contribution in [0.2, 0.25) is 0 Å². The molecule has 2 aliphatic rings. The number of rotatable bonds is 4. The molecule has 0 saturated carbocycles. The van der Waals surface area contributed by atoms with E-state index < -0.39 is 12.1 Å². The Morgan fingerprint density at radius 3 is 2.72 bits per heavy atom. The van der Waals surface area contributed by atoms with Crippen molar-refractivity contribution >= 4 is 23.7 Å². The van der Waals surface area contributed by atoms with Gasteiger partial charge in [-0.2, -0.15) is 5.26 Å². The fraction of sp³-hybridized carbons (Fsp3) is 0.438. The monoisotopic (exact) mass is 342 g/mol. The van der Waals surface area contributed by atoms with E-state index in [4.69, 9.17) is 5.26 Å². The Hall–Kier alpha value is -3.15. The maximum Gasteiger partial charge on any atom is 0.322 e. The number of pyridine rings is 1. The number of hydrogen-bond donors (Lipinski definition) is 2.